The molecule has 0 bridgehead atoms. The number of nitrogens with one attached hydrogen (secondary N) is 1. The van der Waals surface area contributed by atoms with E-state index in [1.54, 1.807) is 0 Å². The molecule has 2 nitrogen and oxygen atoms in total. The predicted octanol–water partition coefficient (Wildman–Crippen LogP) is 3.98. The average molecular weight is 267 g/mol. The highest BCUT2D eigenvalue weighted by Gasteiger charge is 2.15. The van der Waals surface area contributed by atoms with Crippen LogP contribution in [0.15, 0.2) is 18.2 Å². The molecule has 1 aliphatic carbocycles. The lowest BCUT2D eigenvalue weighted by Crippen LogP contribution is -2.27. The summed E-state index contributed by atoms with van der Waals surface area (Å²) >= 11 is 6.03. The molecular formula is C15H23ClN2. The molecular weight excluding hydrogens is 244 g/mol. The maximum atomic E-state index is 6.03. The van der Waals surface area contributed by atoms with Crippen molar-refractivity contribution in [1.29, 1.82) is 0 Å². The quantitative estimate of drug-likeness (QED) is 0.642. The fourth-order valence-electron chi connectivity index (χ4n) is 2.63. The molecule has 0 spiro atoms. The Bertz CT molecular complexity index is 392. The second-order valence-corrected chi connectivity index (χ2v) is 5.95. The van der Waals surface area contributed by atoms with Gasteiger partial charge in [0.05, 0.1) is 10.7 Å². The highest BCUT2D eigenvalue weighted by Crippen LogP contribution is 2.23. The van der Waals surface area contributed by atoms with Gasteiger partial charge in [0.1, 0.15) is 0 Å². The van der Waals surface area contributed by atoms with Crippen LogP contribution in [0.4, 0.5) is 5.69 Å². The number of nitrogens with two attached hydrogens (primary N) is 1. The molecule has 0 aromatic heterocycles. The van der Waals surface area contributed by atoms with Crippen LogP contribution >= 0.6 is 11.6 Å². The van der Waals surface area contributed by atoms with Gasteiger partial charge in [-0.1, -0.05) is 37.4 Å². The van der Waals surface area contributed by atoms with Gasteiger partial charge in [-0.3, -0.25) is 0 Å². The summed E-state index contributed by atoms with van der Waals surface area (Å²) in [7, 11) is 0. The molecule has 0 saturated heterocycles. The standard InChI is InChI=1S/C15H23ClN2/c1-11-3-2-4-13(7-5-11)18-10-12-6-8-15(17)14(16)9-12/h6,8-9,11,13,18H,2-5,7,10,17H2,1H3. The van der Waals surface area contributed by atoms with Gasteiger partial charge in [-0.15, -0.1) is 0 Å². The SMILES string of the molecule is CC1CCCC(NCc2ccc(N)c(Cl)c2)CC1. The zero-order valence-electron chi connectivity index (χ0n) is 11.1. The molecule has 0 amide bonds. The van der Waals surface area contributed by atoms with Crippen LogP contribution in [-0.4, -0.2) is 6.04 Å². The first-order valence-electron chi connectivity index (χ1n) is 6.92. The first kappa shape index (κ1) is 13.7. The average Bonchev–Trinajstić information content (AvgIpc) is 2.56. The van der Waals surface area contributed by atoms with Crippen LogP contribution in [0.2, 0.25) is 5.02 Å². The second kappa shape index (κ2) is 6.44. The smallest absolute Gasteiger partial charge is 0.0638 e. The minimum absolute atomic E-state index is 0.656. The number of hydrogen-bond donors (Lipinski definition) is 2. The maximum Gasteiger partial charge on any atom is 0.0638 e. The van der Waals surface area contributed by atoms with E-state index in [2.05, 4.69) is 12.2 Å². The van der Waals surface area contributed by atoms with Crippen LogP contribution in [0.3, 0.4) is 0 Å². The molecule has 0 radical (unpaired) electrons. The fourth-order valence-corrected chi connectivity index (χ4v) is 2.84. The van der Waals surface area contributed by atoms with Crippen LogP contribution in [0.1, 0.15) is 44.6 Å². The Morgan fingerprint density at radius 1 is 1.28 bits per heavy atom. The molecule has 3 N–H and O–H groups in total. The molecule has 2 atom stereocenters. The van der Waals surface area contributed by atoms with E-state index >= 15 is 0 Å². The van der Waals surface area contributed by atoms with E-state index in [1.165, 1.54) is 37.7 Å². The topological polar surface area (TPSA) is 38.0 Å². The monoisotopic (exact) mass is 266 g/mol. The first-order valence-corrected chi connectivity index (χ1v) is 7.30. The molecule has 18 heavy (non-hydrogen) atoms. The second-order valence-electron chi connectivity index (χ2n) is 5.55. The van der Waals surface area contributed by atoms with Crippen LogP contribution in [0, 0.1) is 5.92 Å². The third kappa shape index (κ3) is 3.89. The van der Waals surface area contributed by atoms with Crippen molar-refractivity contribution in [3.63, 3.8) is 0 Å². The molecule has 2 unspecified atom stereocenters. The summed E-state index contributed by atoms with van der Waals surface area (Å²) in [5, 5.41) is 4.30. The molecule has 3 heteroatoms. The fraction of sp³-hybridized carbons (Fsp3) is 0.600. The van der Waals surface area contributed by atoms with Crippen molar-refractivity contribution in [2.75, 3.05) is 5.73 Å². The third-order valence-electron chi connectivity index (χ3n) is 3.92. The van der Waals surface area contributed by atoms with Crippen molar-refractivity contribution in [1.82, 2.24) is 5.32 Å². The van der Waals surface area contributed by atoms with Gasteiger partial charge in [0.2, 0.25) is 0 Å². The molecule has 0 aliphatic heterocycles. The Labute approximate surface area is 115 Å². The van der Waals surface area contributed by atoms with Crippen LogP contribution in [-0.2, 0) is 6.54 Å². The Hall–Kier alpha value is -0.730. The van der Waals surface area contributed by atoms with Crippen molar-refractivity contribution in [3.8, 4) is 0 Å². The molecule has 1 fully saturated rings. The van der Waals surface area contributed by atoms with Crippen LogP contribution < -0.4 is 11.1 Å². The highest BCUT2D eigenvalue weighted by molar-refractivity contribution is 6.33. The van der Waals surface area contributed by atoms with E-state index in [4.69, 9.17) is 17.3 Å². The largest absolute Gasteiger partial charge is 0.398 e. The van der Waals surface area contributed by atoms with Crippen molar-refractivity contribution in [3.05, 3.63) is 28.8 Å². The highest BCUT2D eigenvalue weighted by atomic mass is 35.5. The van der Waals surface area contributed by atoms with E-state index in [0.29, 0.717) is 16.8 Å². The number of halogens is 1. The first-order chi connectivity index (χ1) is 8.65. The van der Waals surface area contributed by atoms with Gasteiger partial charge in [0.25, 0.3) is 0 Å². The zero-order valence-corrected chi connectivity index (χ0v) is 11.8. The Morgan fingerprint density at radius 3 is 2.89 bits per heavy atom. The summed E-state index contributed by atoms with van der Waals surface area (Å²) < 4.78 is 0. The minimum Gasteiger partial charge on any atom is -0.398 e. The predicted molar refractivity (Wildman–Crippen MR) is 78.7 cm³/mol. The van der Waals surface area contributed by atoms with Gasteiger partial charge in [0, 0.05) is 12.6 Å². The summed E-state index contributed by atoms with van der Waals surface area (Å²) in [5.41, 5.74) is 7.58. The molecule has 1 aromatic rings. The van der Waals surface area contributed by atoms with Gasteiger partial charge >= 0.3 is 0 Å². The van der Waals surface area contributed by atoms with Crippen molar-refractivity contribution < 1.29 is 0 Å². The lowest BCUT2D eigenvalue weighted by atomic mass is 10.0. The molecule has 1 aromatic carbocycles. The molecule has 1 saturated carbocycles. The lowest BCUT2D eigenvalue weighted by molar-refractivity contribution is 0.447. The molecule has 1 aliphatic rings. The maximum absolute atomic E-state index is 6.03. The third-order valence-corrected chi connectivity index (χ3v) is 4.24. The summed E-state index contributed by atoms with van der Waals surface area (Å²) in [6, 6.07) is 6.55. The van der Waals surface area contributed by atoms with Crippen molar-refractivity contribution in [2.24, 2.45) is 5.92 Å². The van der Waals surface area contributed by atoms with Gasteiger partial charge in [0.15, 0.2) is 0 Å². The number of hydrogen-bond acceptors (Lipinski definition) is 2. The van der Waals surface area contributed by atoms with E-state index in [0.717, 1.165) is 12.5 Å². The van der Waals surface area contributed by atoms with Gasteiger partial charge in [-0.2, -0.15) is 0 Å². The number of benzene rings is 1. The van der Waals surface area contributed by atoms with E-state index < -0.39 is 0 Å². The minimum atomic E-state index is 0.656. The Balaban J connectivity index is 1.85. The number of anilines is 1. The van der Waals surface area contributed by atoms with E-state index in [1.807, 2.05) is 18.2 Å². The van der Waals surface area contributed by atoms with Crippen LogP contribution in [0.5, 0.6) is 0 Å². The van der Waals surface area contributed by atoms with E-state index in [-0.39, 0.29) is 0 Å². The molecule has 100 valence electrons. The Kier molecular flexibility index (Phi) is 4.90. The lowest BCUT2D eigenvalue weighted by Gasteiger charge is -2.16. The van der Waals surface area contributed by atoms with E-state index in [9.17, 15) is 0 Å². The normalized spacial score (nSPS) is 24.8. The Morgan fingerprint density at radius 2 is 2.11 bits per heavy atom. The number of nitrogen functional groups attached to an aromatic ring is 1. The van der Waals surface area contributed by atoms with Gasteiger partial charge < -0.3 is 11.1 Å². The summed E-state index contributed by atoms with van der Waals surface area (Å²) in [4.78, 5) is 0. The summed E-state index contributed by atoms with van der Waals surface area (Å²) in [6.07, 6.45) is 6.67. The van der Waals surface area contributed by atoms with Gasteiger partial charge in [-0.05, 0) is 42.9 Å². The van der Waals surface area contributed by atoms with Crippen LogP contribution in [0.25, 0.3) is 0 Å². The number of rotatable bonds is 3. The van der Waals surface area contributed by atoms with Gasteiger partial charge in [-0.25, -0.2) is 0 Å². The molecule has 0 heterocycles. The van der Waals surface area contributed by atoms with Crippen molar-refractivity contribution >= 4 is 17.3 Å². The summed E-state index contributed by atoms with van der Waals surface area (Å²) in [5.74, 6) is 0.891. The van der Waals surface area contributed by atoms with Crippen molar-refractivity contribution in [2.45, 2.75) is 51.6 Å². The summed E-state index contributed by atoms with van der Waals surface area (Å²) in [6.45, 7) is 3.25. The molecule has 2 rings (SSSR count). The zero-order chi connectivity index (χ0) is 13.0.